The molecule has 134 valence electrons. The van der Waals surface area contributed by atoms with Gasteiger partial charge in [-0.05, 0) is 29.8 Å². The Balaban J connectivity index is 1.39. The summed E-state index contributed by atoms with van der Waals surface area (Å²) in [4.78, 5) is 21.0. The van der Waals surface area contributed by atoms with Gasteiger partial charge < -0.3 is 5.32 Å². The number of hydrogen-bond donors (Lipinski definition) is 1. The molecule has 0 spiro atoms. The predicted octanol–water partition coefficient (Wildman–Crippen LogP) is 3.25. The van der Waals surface area contributed by atoms with Gasteiger partial charge in [-0.2, -0.15) is 5.10 Å². The van der Waals surface area contributed by atoms with Crippen LogP contribution in [-0.2, 0) is 17.8 Å². The number of benzene rings is 1. The number of aromatic nitrogens is 4. The van der Waals surface area contributed by atoms with Crippen LogP contribution < -0.4 is 5.32 Å². The summed E-state index contributed by atoms with van der Waals surface area (Å²) in [6, 6.07) is 13.6. The quantitative estimate of drug-likeness (QED) is 0.561. The Morgan fingerprint density at radius 1 is 1.11 bits per heavy atom. The molecule has 0 unspecified atom stereocenters. The zero-order valence-electron chi connectivity index (χ0n) is 14.4. The van der Waals surface area contributed by atoms with E-state index < -0.39 is 0 Å². The smallest absolute Gasteiger partial charge is 0.226 e. The summed E-state index contributed by atoms with van der Waals surface area (Å²) >= 11 is 1.52. The first-order valence-corrected chi connectivity index (χ1v) is 9.37. The molecule has 27 heavy (non-hydrogen) atoms. The fourth-order valence-electron chi connectivity index (χ4n) is 2.73. The van der Waals surface area contributed by atoms with Gasteiger partial charge in [-0.15, -0.1) is 11.3 Å². The van der Waals surface area contributed by atoms with Gasteiger partial charge in [-0.1, -0.05) is 18.2 Å². The van der Waals surface area contributed by atoms with E-state index >= 15 is 0 Å². The van der Waals surface area contributed by atoms with Crippen LogP contribution in [0.4, 0.5) is 0 Å². The highest BCUT2D eigenvalue weighted by Gasteiger charge is 2.10. The number of nitrogens with one attached hydrogen (secondary N) is 1. The summed E-state index contributed by atoms with van der Waals surface area (Å²) in [6.07, 6.45) is 7.37. The maximum atomic E-state index is 12.3. The normalized spacial score (nSPS) is 10.7. The second-order valence-electron chi connectivity index (χ2n) is 5.92. The Hall–Kier alpha value is -3.32. The van der Waals surface area contributed by atoms with Crippen LogP contribution in [0.1, 0.15) is 11.3 Å². The van der Waals surface area contributed by atoms with Crippen molar-refractivity contribution in [3.63, 3.8) is 0 Å². The van der Waals surface area contributed by atoms with Crippen LogP contribution in [0.2, 0.25) is 0 Å². The van der Waals surface area contributed by atoms with Crippen molar-refractivity contribution in [2.45, 2.75) is 13.0 Å². The van der Waals surface area contributed by atoms with Crippen molar-refractivity contribution in [2.24, 2.45) is 0 Å². The van der Waals surface area contributed by atoms with Crippen molar-refractivity contribution < 1.29 is 4.79 Å². The van der Waals surface area contributed by atoms with Crippen LogP contribution in [0.5, 0.6) is 0 Å². The lowest BCUT2D eigenvalue weighted by molar-refractivity contribution is -0.120. The van der Waals surface area contributed by atoms with Crippen molar-refractivity contribution in [2.75, 3.05) is 0 Å². The first-order valence-electron chi connectivity index (χ1n) is 8.49. The molecule has 4 aromatic rings. The molecular formula is C20H17N5OS. The molecule has 1 N–H and O–H groups in total. The van der Waals surface area contributed by atoms with Crippen molar-refractivity contribution in [3.8, 4) is 16.3 Å². The highest BCUT2D eigenvalue weighted by molar-refractivity contribution is 7.13. The molecule has 0 saturated heterocycles. The van der Waals surface area contributed by atoms with Crippen LogP contribution in [0.15, 0.2) is 72.6 Å². The minimum atomic E-state index is -0.0618. The first kappa shape index (κ1) is 17.1. The molecule has 0 fully saturated rings. The molecule has 1 amide bonds. The van der Waals surface area contributed by atoms with Gasteiger partial charge in [0.1, 0.15) is 5.01 Å². The Morgan fingerprint density at radius 3 is 2.85 bits per heavy atom. The van der Waals surface area contributed by atoms with Gasteiger partial charge in [0.25, 0.3) is 0 Å². The van der Waals surface area contributed by atoms with E-state index in [1.165, 1.54) is 11.3 Å². The molecule has 1 aromatic carbocycles. The number of rotatable bonds is 6. The maximum Gasteiger partial charge on any atom is 0.226 e. The van der Waals surface area contributed by atoms with Crippen LogP contribution >= 0.6 is 11.3 Å². The Morgan fingerprint density at radius 2 is 2.04 bits per heavy atom. The fraction of sp³-hybridized carbons (Fsp3) is 0.100. The molecule has 0 bridgehead atoms. The van der Waals surface area contributed by atoms with Crippen molar-refractivity contribution in [3.05, 3.63) is 83.9 Å². The van der Waals surface area contributed by atoms with Gasteiger partial charge in [-0.25, -0.2) is 9.67 Å². The van der Waals surface area contributed by atoms with Gasteiger partial charge in [0.15, 0.2) is 0 Å². The fourth-order valence-corrected chi connectivity index (χ4v) is 3.54. The van der Waals surface area contributed by atoms with E-state index in [-0.39, 0.29) is 12.3 Å². The second-order valence-corrected chi connectivity index (χ2v) is 6.78. The highest BCUT2D eigenvalue weighted by atomic mass is 32.1. The lowest BCUT2D eigenvalue weighted by Gasteiger charge is -2.10. The number of para-hydroxylation sites is 1. The van der Waals surface area contributed by atoms with Crippen LogP contribution in [0.25, 0.3) is 16.3 Å². The number of nitrogens with zero attached hydrogens (tertiary/aromatic N) is 4. The predicted molar refractivity (Wildman–Crippen MR) is 104 cm³/mol. The average molecular weight is 375 g/mol. The summed E-state index contributed by atoms with van der Waals surface area (Å²) in [5.41, 5.74) is 3.68. The van der Waals surface area contributed by atoms with Gasteiger partial charge >= 0.3 is 0 Å². The summed E-state index contributed by atoms with van der Waals surface area (Å²) in [7, 11) is 0. The van der Waals surface area contributed by atoms with Crippen LogP contribution in [0.3, 0.4) is 0 Å². The van der Waals surface area contributed by atoms with Gasteiger partial charge in [0.05, 0.1) is 17.8 Å². The molecular weight excluding hydrogens is 358 g/mol. The zero-order chi connectivity index (χ0) is 18.5. The van der Waals surface area contributed by atoms with E-state index in [9.17, 15) is 4.79 Å². The number of pyridine rings is 1. The van der Waals surface area contributed by atoms with Crippen molar-refractivity contribution in [1.29, 1.82) is 0 Å². The largest absolute Gasteiger partial charge is 0.352 e. The third-order valence-corrected chi connectivity index (χ3v) is 4.96. The van der Waals surface area contributed by atoms with E-state index in [0.717, 1.165) is 27.5 Å². The minimum absolute atomic E-state index is 0.0618. The van der Waals surface area contributed by atoms with Gasteiger partial charge in [0.2, 0.25) is 5.91 Å². The molecule has 0 saturated carbocycles. The number of thiazole rings is 1. The molecule has 0 aliphatic carbocycles. The van der Waals surface area contributed by atoms with E-state index in [4.69, 9.17) is 0 Å². The summed E-state index contributed by atoms with van der Waals surface area (Å²) in [5.74, 6) is -0.0618. The molecule has 7 heteroatoms. The monoisotopic (exact) mass is 375 g/mol. The van der Waals surface area contributed by atoms with E-state index in [0.29, 0.717) is 6.54 Å². The topological polar surface area (TPSA) is 72.7 Å². The SMILES string of the molecule is O=C(Cc1csc(-c2cccnc2)n1)NCc1ccccc1-n1cccn1. The third-order valence-electron chi connectivity index (χ3n) is 4.02. The van der Waals surface area contributed by atoms with Crippen molar-refractivity contribution >= 4 is 17.2 Å². The van der Waals surface area contributed by atoms with E-state index in [1.807, 2.05) is 54.0 Å². The lowest BCUT2D eigenvalue weighted by Crippen LogP contribution is -2.25. The summed E-state index contributed by atoms with van der Waals surface area (Å²) < 4.78 is 1.79. The first-order chi connectivity index (χ1) is 13.3. The van der Waals surface area contributed by atoms with E-state index in [1.54, 1.807) is 23.3 Å². The molecule has 4 rings (SSSR count). The Labute approximate surface area is 160 Å². The molecule has 6 nitrogen and oxygen atoms in total. The Kier molecular flexibility index (Phi) is 5.02. The number of carbonyl (C=O) groups is 1. The number of hydrogen-bond acceptors (Lipinski definition) is 5. The Bertz CT molecular complexity index is 1030. The standard InChI is InChI=1S/C20H17N5OS/c26-19(11-17-14-27-20(24-17)16-6-3-8-21-12-16)22-13-15-5-1-2-7-18(15)25-10-4-9-23-25/h1-10,12,14H,11,13H2,(H,22,26). The van der Waals surface area contributed by atoms with Crippen LogP contribution in [-0.4, -0.2) is 25.7 Å². The molecule has 3 heterocycles. The molecule has 0 aliphatic rings. The number of amides is 1. The molecule has 0 atom stereocenters. The van der Waals surface area contributed by atoms with Crippen molar-refractivity contribution in [1.82, 2.24) is 25.1 Å². The average Bonchev–Trinajstić information content (AvgIpc) is 3.40. The van der Waals surface area contributed by atoms with E-state index in [2.05, 4.69) is 20.4 Å². The molecule has 0 radical (unpaired) electrons. The van der Waals surface area contributed by atoms with Gasteiger partial charge in [0, 0.05) is 42.3 Å². The third kappa shape index (κ3) is 4.09. The molecule has 3 aromatic heterocycles. The maximum absolute atomic E-state index is 12.3. The second kappa shape index (κ2) is 7.92. The van der Waals surface area contributed by atoms with Gasteiger partial charge in [-0.3, -0.25) is 9.78 Å². The van der Waals surface area contributed by atoms with Crippen LogP contribution in [0, 0.1) is 0 Å². The molecule has 0 aliphatic heterocycles. The highest BCUT2D eigenvalue weighted by Crippen LogP contribution is 2.22. The lowest BCUT2D eigenvalue weighted by atomic mass is 10.1. The zero-order valence-corrected chi connectivity index (χ0v) is 15.3. The number of carbonyl (C=O) groups excluding carboxylic acids is 1. The summed E-state index contributed by atoms with van der Waals surface area (Å²) in [6.45, 7) is 0.439. The minimum Gasteiger partial charge on any atom is -0.352 e. The summed E-state index contributed by atoms with van der Waals surface area (Å²) in [5, 5.41) is 10.0.